The van der Waals surface area contributed by atoms with Crippen LogP contribution in [0.3, 0.4) is 0 Å². The van der Waals surface area contributed by atoms with Crippen LogP contribution >= 0.6 is 0 Å². The number of ether oxygens (including phenoxy) is 1. The molecule has 0 N–H and O–H groups in total. The number of methoxy groups -OCH3 is 1. The number of nitrogens with zero attached hydrogens (tertiary/aromatic N) is 4. The minimum absolute atomic E-state index is 0.113. The van der Waals surface area contributed by atoms with Crippen LogP contribution in [0, 0.1) is 23.0 Å². The number of aryl methyl sites for hydroxylation is 1. The van der Waals surface area contributed by atoms with Crippen LogP contribution in [0.4, 0.5) is 5.69 Å². The number of rotatable bonds is 10. The number of carbonyl (C=O) groups is 1. The molecule has 0 radical (unpaired) electrons. The topological polar surface area (TPSA) is 108 Å². The lowest BCUT2D eigenvalue weighted by molar-refractivity contribution is -0.385. The first kappa shape index (κ1) is 28.5. The summed E-state index contributed by atoms with van der Waals surface area (Å²) in [4.78, 5) is 45.9. The molecule has 4 rings (SSSR count). The molecule has 4 aromatic rings. The van der Waals surface area contributed by atoms with E-state index in [1.807, 2.05) is 25.1 Å². The van der Waals surface area contributed by atoms with E-state index in [9.17, 15) is 19.7 Å². The van der Waals surface area contributed by atoms with Crippen LogP contribution in [0.2, 0.25) is 0 Å². The first-order chi connectivity index (χ1) is 19.2. The van der Waals surface area contributed by atoms with E-state index in [-0.39, 0.29) is 22.7 Å². The van der Waals surface area contributed by atoms with Gasteiger partial charge >= 0.3 is 0 Å². The van der Waals surface area contributed by atoms with Crippen molar-refractivity contribution < 1.29 is 14.5 Å². The van der Waals surface area contributed by atoms with Crippen LogP contribution in [-0.4, -0.2) is 38.9 Å². The van der Waals surface area contributed by atoms with Gasteiger partial charge in [-0.1, -0.05) is 51.1 Å². The Labute approximate surface area is 233 Å². The van der Waals surface area contributed by atoms with Crippen molar-refractivity contribution in [3.63, 3.8) is 0 Å². The minimum atomic E-state index is -0.603. The number of fused-ring (bicyclic) bond motifs is 1. The van der Waals surface area contributed by atoms with Gasteiger partial charge in [0.25, 0.3) is 17.2 Å². The Morgan fingerprint density at radius 1 is 1.10 bits per heavy atom. The standard InChI is InChI=1S/C31H34N4O5/c1-6-25(33(18-17-20(2)3)30(36)22-16-15-21(4)27(19-22)35(38)39)29-32-24-12-8-7-11-23(24)31(37)34(29)26-13-9-10-14-28(26)40-5/h7-16,19-20,25H,6,17-18H2,1-5H3. The first-order valence-corrected chi connectivity index (χ1v) is 13.4. The van der Waals surface area contributed by atoms with Crippen molar-refractivity contribution in [1.29, 1.82) is 0 Å². The number of aromatic nitrogens is 2. The molecule has 9 nitrogen and oxygen atoms in total. The summed E-state index contributed by atoms with van der Waals surface area (Å²) in [5, 5.41) is 12.1. The molecule has 0 aliphatic heterocycles. The third kappa shape index (κ3) is 5.59. The molecule has 1 amide bonds. The molecule has 208 valence electrons. The van der Waals surface area contributed by atoms with E-state index in [0.29, 0.717) is 59.0 Å². The summed E-state index contributed by atoms with van der Waals surface area (Å²) in [7, 11) is 1.54. The van der Waals surface area contributed by atoms with Gasteiger partial charge in [0, 0.05) is 23.7 Å². The number of nitro benzene ring substituents is 1. The maximum Gasteiger partial charge on any atom is 0.273 e. The van der Waals surface area contributed by atoms with Gasteiger partial charge in [0.1, 0.15) is 11.6 Å². The number of amides is 1. The molecule has 9 heteroatoms. The van der Waals surface area contributed by atoms with Gasteiger partial charge in [0.2, 0.25) is 0 Å². The fraction of sp³-hybridized carbons (Fsp3) is 0.323. The van der Waals surface area contributed by atoms with E-state index in [2.05, 4.69) is 13.8 Å². The predicted molar refractivity (Wildman–Crippen MR) is 155 cm³/mol. The second kappa shape index (κ2) is 12.1. The molecule has 0 bridgehead atoms. The Hall–Kier alpha value is -4.53. The number of carbonyl (C=O) groups excluding carboxylic acids is 1. The molecule has 3 aromatic carbocycles. The molecular formula is C31H34N4O5. The molecule has 1 aromatic heterocycles. The van der Waals surface area contributed by atoms with Crippen LogP contribution in [0.25, 0.3) is 16.6 Å². The summed E-state index contributed by atoms with van der Waals surface area (Å²) < 4.78 is 7.14. The highest BCUT2D eigenvalue weighted by atomic mass is 16.6. The summed E-state index contributed by atoms with van der Waals surface area (Å²) in [6, 6.07) is 18.2. The zero-order valence-corrected chi connectivity index (χ0v) is 23.5. The average molecular weight is 543 g/mol. The Bertz CT molecular complexity index is 1610. The van der Waals surface area contributed by atoms with Gasteiger partial charge in [-0.3, -0.25) is 24.3 Å². The van der Waals surface area contributed by atoms with E-state index < -0.39 is 11.0 Å². The predicted octanol–water partition coefficient (Wildman–Crippen LogP) is 6.25. The molecule has 0 aliphatic rings. The van der Waals surface area contributed by atoms with Crippen LogP contribution < -0.4 is 10.3 Å². The van der Waals surface area contributed by atoms with Gasteiger partial charge in [-0.05, 0) is 56.0 Å². The Morgan fingerprint density at radius 3 is 2.48 bits per heavy atom. The van der Waals surface area contributed by atoms with Crippen LogP contribution in [0.5, 0.6) is 5.75 Å². The summed E-state index contributed by atoms with van der Waals surface area (Å²) in [6.45, 7) is 8.10. The molecule has 1 atom stereocenters. The van der Waals surface area contributed by atoms with E-state index in [4.69, 9.17) is 9.72 Å². The zero-order chi connectivity index (χ0) is 29.0. The quantitative estimate of drug-likeness (QED) is 0.173. The van der Waals surface area contributed by atoms with Crippen molar-refractivity contribution in [3.05, 3.63) is 104 Å². The van der Waals surface area contributed by atoms with Crippen LogP contribution in [0.15, 0.2) is 71.5 Å². The summed E-state index contributed by atoms with van der Waals surface area (Å²) in [6.07, 6.45) is 1.15. The van der Waals surface area contributed by atoms with Crippen molar-refractivity contribution >= 4 is 22.5 Å². The molecule has 0 saturated carbocycles. The summed E-state index contributed by atoms with van der Waals surface area (Å²) in [5.74, 6) is 0.826. The smallest absolute Gasteiger partial charge is 0.273 e. The number of benzene rings is 3. The average Bonchev–Trinajstić information content (AvgIpc) is 2.95. The third-order valence-corrected chi connectivity index (χ3v) is 7.05. The summed E-state index contributed by atoms with van der Waals surface area (Å²) in [5.41, 5.74) is 1.34. The Morgan fingerprint density at radius 2 is 1.80 bits per heavy atom. The van der Waals surface area contributed by atoms with E-state index in [1.54, 1.807) is 54.3 Å². The SMILES string of the molecule is CCC(c1nc2ccccc2c(=O)n1-c1ccccc1OC)N(CCC(C)C)C(=O)c1ccc(C)c([N+](=O)[O-])c1. The van der Waals surface area contributed by atoms with Crippen LogP contribution in [0.1, 0.15) is 61.4 Å². The number of para-hydroxylation sites is 3. The fourth-order valence-corrected chi connectivity index (χ4v) is 4.86. The molecular weight excluding hydrogens is 508 g/mol. The van der Waals surface area contributed by atoms with Crippen molar-refractivity contribution in [2.75, 3.05) is 13.7 Å². The van der Waals surface area contributed by atoms with E-state index >= 15 is 0 Å². The normalized spacial score (nSPS) is 11.9. The Kier molecular flexibility index (Phi) is 8.62. The third-order valence-electron chi connectivity index (χ3n) is 7.05. The summed E-state index contributed by atoms with van der Waals surface area (Å²) >= 11 is 0. The maximum absolute atomic E-state index is 14.1. The lowest BCUT2D eigenvalue weighted by atomic mass is 10.0. The highest BCUT2D eigenvalue weighted by Gasteiger charge is 2.31. The lowest BCUT2D eigenvalue weighted by Gasteiger charge is -2.33. The highest BCUT2D eigenvalue weighted by molar-refractivity contribution is 5.95. The highest BCUT2D eigenvalue weighted by Crippen LogP contribution is 2.31. The van der Waals surface area contributed by atoms with E-state index in [1.165, 1.54) is 17.7 Å². The minimum Gasteiger partial charge on any atom is -0.495 e. The molecule has 0 spiro atoms. The second-order valence-corrected chi connectivity index (χ2v) is 10.2. The zero-order valence-electron chi connectivity index (χ0n) is 23.5. The van der Waals surface area contributed by atoms with Crippen molar-refractivity contribution in [1.82, 2.24) is 14.5 Å². The van der Waals surface area contributed by atoms with Gasteiger partial charge in [0.05, 0.1) is 34.7 Å². The molecule has 1 heterocycles. The second-order valence-electron chi connectivity index (χ2n) is 10.2. The van der Waals surface area contributed by atoms with Gasteiger partial charge in [-0.25, -0.2) is 4.98 Å². The van der Waals surface area contributed by atoms with Crippen molar-refractivity contribution in [2.24, 2.45) is 5.92 Å². The Balaban J connectivity index is 1.97. The first-order valence-electron chi connectivity index (χ1n) is 13.4. The molecule has 0 saturated heterocycles. The van der Waals surface area contributed by atoms with Crippen LogP contribution in [-0.2, 0) is 0 Å². The largest absolute Gasteiger partial charge is 0.495 e. The van der Waals surface area contributed by atoms with Crippen molar-refractivity contribution in [3.8, 4) is 11.4 Å². The number of hydrogen-bond donors (Lipinski definition) is 0. The lowest BCUT2D eigenvalue weighted by Crippen LogP contribution is -2.39. The molecule has 0 aliphatic carbocycles. The van der Waals surface area contributed by atoms with E-state index in [0.717, 1.165) is 0 Å². The fourth-order valence-electron chi connectivity index (χ4n) is 4.86. The molecule has 1 unspecified atom stereocenters. The number of nitro groups is 1. The molecule has 0 fully saturated rings. The van der Waals surface area contributed by atoms with Gasteiger partial charge in [-0.2, -0.15) is 0 Å². The van der Waals surface area contributed by atoms with Gasteiger partial charge in [0.15, 0.2) is 0 Å². The van der Waals surface area contributed by atoms with Gasteiger partial charge in [-0.15, -0.1) is 0 Å². The maximum atomic E-state index is 14.1. The van der Waals surface area contributed by atoms with Crippen molar-refractivity contribution in [2.45, 2.75) is 46.6 Å². The molecule has 40 heavy (non-hydrogen) atoms. The monoisotopic (exact) mass is 542 g/mol. The van der Waals surface area contributed by atoms with Gasteiger partial charge < -0.3 is 9.64 Å². The number of hydrogen-bond acceptors (Lipinski definition) is 6.